The molecule has 3 saturated heterocycles. The lowest BCUT2D eigenvalue weighted by Crippen LogP contribution is -2.49. The van der Waals surface area contributed by atoms with Crippen LogP contribution in [-0.2, 0) is 25.5 Å². The second-order valence-corrected chi connectivity index (χ2v) is 8.14. The summed E-state index contributed by atoms with van der Waals surface area (Å²) >= 11 is 1.54. The van der Waals surface area contributed by atoms with E-state index in [1.807, 2.05) is 10.3 Å². The predicted molar refractivity (Wildman–Crippen MR) is 95.8 cm³/mol. The van der Waals surface area contributed by atoms with Crippen molar-refractivity contribution in [3.8, 4) is 0 Å². The van der Waals surface area contributed by atoms with Gasteiger partial charge in [0.05, 0.1) is 43.5 Å². The van der Waals surface area contributed by atoms with E-state index in [0.29, 0.717) is 39.3 Å². The molecule has 2 bridgehead atoms. The van der Waals surface area contributed by atoms with Crippen molar-refractivity contribution in [3.63, 3.8) is 0 Å². The Hall–Kier alpha value is -1.51. The highest BCUT2D eigenvalue weighted by molar-refractivity contribution is 7.07. The maximum absolute atomic E-state index is 12.8. The third kappa shape index (κ3) is 3.04. The third-order valence-electron chi connectivity index (χ3n) is 6.13. The van der Waals surface area contributed by atoms with Crippen molar-refractivity contribution in [1.82, 2.24) is 14.8 Å². The van der Waals surface area contributed by atoms with Crippen molar-refractivity contribution in [3.05, 3.63) is 16.6 Å². The molecule has 1 aromatic rings. The summed E-state index contributed by atoms with van der Waals surface area (Å²) in [6.07, 6.45) is 3.31. The lowest BCUT2D eigenvalue weighted by Gasteiger charge is -2.35. The second-order valence-electron chi connectivity index (χ2n) is 7.42. The number of rotatable bonds is 5. The molecular weight excluding hydrogens is 354 g/mol. The predicted octanol–water partition coefficient (Wildman–Crippen LogP) is 0.941. The summed E-state index contributed by atoms with van der Waals surface area (Å²) < 4.78 is 10.5. The average molecular weight is 379 g/mol. The van der Waals surface area contributed by atoms with Crippen LogP contribution in [0.3, 0.4) is 0 Å². The van der Waals surface area contributed by atoms with Gasteiger partial charge in [-0.15, -0.1) is 11.3 Å². The number of morpholine rings is 1. The Morgan fingerprint density at radius 2 is 2.19 bits per heavy atom. The summed E-state index contributed by atoms with van der Waals surface area (Å²) in [4.78, 5) is 34.1. The summed E-state index contributed by atoms with van der Waals surface area (Å²) in [6, 6.07) is 0.314. The van der Waals surface area contributed by atoms with Gasteiger partial charge in [-0.05, 0) is 19.3 Å². The normalized spacial score (nSPS) is 31.3. The number of methoxy groups -OCH3 is 1. The Balaban J connectivity index is 1.53. The molecule has 0 unspecified atom stereocenters. The van der Waals surface area contributed by atoms with Gasteiger partial charge in [0, 0.05) is 37.0 Å². The van der Waals surface area contributed by atoms with Gasteiger partial charge in [0.1, 0.15) is 0 Å². The number of thiazole rings is 1. The first-order valence-corrected chi connectivity index (χ1v) is 10.1. The zero-order valence-electron chi connectivity index (χ0n) is 15.1. The molecule has 3 atom stereocenters. The number of fused-ring (bicyclic) bond motifs is 2. The monoisotopic (exact) mass is 379 g/mol. The minimum atomic E-state index is -0.586. The zero-order chi connectivity index (χ0) is 18.1. The first-order chi connectivity index (χ1) is 12.6. The van der Waals surface area contributed by atoms with Gasteiger partial charge in [0.15, 0.2) is 0 Å². The fourth-order valence-corrected chi connectivity index (χ4v) is 5.51. The average Bonchev–Trinajstić information content (AvgIpc) is 3.38. The Morgan fingerprint density at radius 1 is 1.38 bits per heavy atom. The molecule has 4 heterocycles. The molecule has 3 aliphatic heterocycles. The van der Waals surface area contributed by atoms with Crippen LogP contribution < -0.4 is 0 Å². The van der Waals surface area contributed by atoms with E-state index in [0.717, 1.165) is 25.0 Å². The lowest BCUT2D eigenvalue weighted by molar-refractivity contribution is -0.155. The third-order valence-corrected chi connectivity index (χ3v) is 6.77. The molecule has 0 saturated carbocycles. The molecule has 1 aromatic heterocycles. The van der Waals surface area contributed by atoms with Crippen LogP contribution in [0.1, 0.15) is 25.0 Å². The SMILES string of the molecule is COC(=O)[C@@]1(Cc2cscn2)C[C@H]2CC[C@@H]1N2CC(=O)N1CCOCC1. The molecule has 142 valence electrons. The minimum absolute atomic E-state index is 0.0478. The summed E-state index contributed by atoms with van der Waals surface area (Å²) in [6.45, 7) is 2.90. The van der Waals surface area contributed by atoms with E-state index < -0.39 is 5.41 Å². The highest BCUT2D eigenvalue weighted by Gasteiger charge is 2.60. The number of nitrogens with zero attached hydrogens (tertiary/aromatic N) is 3. The molecule has 0 aromatic carbocycles. The number of hydrogen-bond acceptors (Lipinski definition) is 7. The van der Waals surface area contributed by atoms with Gasteiger partial charge in [0.25, 0.3) is 0 Å². The summed E-state index contributed by atoms with van der Waals surface area (Å²) in [7, 11) is 1.46. The van der Waals surface area contributed by atoms with E-state index in [1.165, 1.54) is 7.11 Å². The molecule has 3 fully saturated rings. The van der Waals surface area contributed by atoms with Crippen molar-refractivity contribution in [2.75, 3.05) is 40.0 Å². The smallest absolute Gasteiger partial charge is 0.313 e. The number of ether oxygens (including phenoxy) is 2. The quantitative estimate of drug-likeness (QED) is 0.709. The van der Waals surface area contributed by atoms with Crippen molar-refractivity contribution >= 4 is 23.2 Å². The van der Waals surface area contributed by atoms with Crippen molar-refractivity contribution in [2.24, 2.45) is 5.41 Å². The molecule has 0 N–H and O–H groups in total. The van der Waals surface area contributed by atoms with Gasteiger partial charge < -0.3 is 14.4 Å². The van der Waals surface area contributed by atoms with Crippen LogP contribution in [0.4, 0.5) is 0 Å². The second kappa shape index (κ2) is 7.25. The summed E-state index contributed by atoms with van der Waals surface area (Å²) in [5.41, 5.74) is 2.15. The minimum Gasteiger partial charge on any atom is -0.469 e. The Bertz CT molecular complexity index is 661. The molecule has 0 radical (unpaired) electrons. The van der Waals surface area contributed by atoms with Gasteiger partial charge in [0.2, 0.25) is 5.91 Å². The van der Waals surface area contributed by atoms with Crippen LogP contribution in [-0.4, -0.2) is 78.7 Å². The Morgan fingerprint density at radius 3 is 2.88 bits per heavy atom. The standard InChI is InChI=1S/C18H25N3O4S/c1-24-17(23)18(8-13-11-26-12-19-13)9-14-2-3-15(18)21(14)10-16(22)20-4-6-25-7-5-20/h11-12,14-15H,2-10H2,1H3/t14-,15+,18+/m1/s1. The molecule has 3 aliphatic rings. The topological polar surface area (TPSA) is 72.0 Å². The first-order valence-electron chi connectivity index (χ1n) is 9.21. The van der Waals surface area contributed by atoms with E-state index in [4.69, 9.17) is 9.47 Å². The van der Waals surface area contributed by atoms with E-state index in [-0.39, 0.29) is 24.0 Å². The van der Waals surface area contributed by atoms with E-state index in [2.05, 4.69) is 9.88 Å². The molecule has 0 aliphatic carbocycles. The van der Waals surface area contributed by atoms with Crippen LogP contribution in [0.15, 0.2) is 10.9 Å². The van der Waals surface area contributed by atoms with Crippen molar-refractivity contribution in [1.29, 1.82) is 0 Å². The van der Waals surface area contributed by atoms with Crippen LogP contribution >= 0.6 is 11.3 Å². The number of esters is 1. The van der Waals surface area contributed by atoms with Gasteiger partial charge in [-0.25, -0.2) is 4.98 Å². The van der Waals surface area contributed by atoms with Crippen LogP contribution in [0, 0.1) is 5.41 Å². The highest BCUT2D eigenvalue weighted by Crippen LogP contribution is 2.52. The van der Waals surface area contributed by atoms with Crippen LogP contribution in [0.5, 0.6) is 0 Å². The van der Waals surface area contributed by atoms with E-state index in [9.17, 15) is 9.59 Å². The molecule has 0 spiro atoms. The van der Waals surface area contributed by atoms with Gasteiger partial charge in [-0.2, -0.15) is 0 Å². The van der Waals surface area contributed by atoms with E-state index >= 15 is 0 Å². The largest absolute Gasteiger partial charge is 0.469 e. The van der Waals surface area contributed by atoms with E-state index in [1.54, 1.807) is 16.8 Å². The fourth-order valence-electron chi connectivity index (χ4n) is 4.95. The van der Waals surface area contributed by atoms with Crippen molar-refractivity contribution in [2.45, 2.75) is 37.8 Å². The molecule has 4 rings (SSSR count). The van der Waals surface area contributed by atoms with Crippen LogP contribution in [0.25, 0.3) is 0 Å². The van der Waals surface area contributed by atoms with Gasteiger partial charge in [-0.1, -0.05) is 0 Å². The summed E-state index contributed by atoms with van der Waals surface area (Å²) in [5, 5.41) is 2.00. The Kier molecular flexibility index (Phi) is 4.98. The molecule has 1 amide bonds. The molecule has 7 nitrogen and oxygen atoms in total. The molecule has 26 heavy (non-hydrogen) atoms. The number of aromatic nitrogens is 1. The number of amides is 1. The first kappa shape index (κ1) is 17.9. The number of carbonyl (C=O) groups excluding carboxylic acids is 2. The Labute approximate surface area is 157 Å². The van der Waals surface area contributed by atoms with Gasteiger partial charge in [-0.3, -0.25) is 14.5 Å². The number of hydrogen-bond donors (Lipinski definition) is 0. The zero-order valence-corrected chi connectivity index (χ0v) is 15.9. The molecule has 8 heteroatoms. The lowest BCUT2D eigenvalue weighted by atomic mass is 9.71. The molecular formula is C18H25N3O4S. The van der Waals surface area contributed by atoms with Crippen LogP contribution in [0.2, 0.25) is 0 Å². The van der Waals surface area contributed by atoms with Gasteiger partial charge >= 0.3 is 5.97 Å². The number of carbonyl (C=O) groups is 2. The summed E-state index contributed by atoms with van der Waals surface area (Å²) in [5.74, 6) is -0.0268. The fraction of sp³-hybridized carbons (Fsp3) is 0.722. The maximum atomic E-state index is 12.8. The highest BCUT2D eigenvalue weighted by atomic mass is 32.1. The van der Waals surface area contributed by atoms with Crippen molar-refractivity contribution < 1.29 is 19.1 Å². The maximum Gasteiger partial charge on any atom is 0.313 e.